The molecule has 1 aliphatic heterocycles. The lowest BCUT2D eigenvalue weighted by Gasteiger charge is -2.29. The molecule has 0 aliphatic carbocycles. The average Bonchev–Trinajstić information content (AvgIpc) is 2.97. The van der Waals surface area contributed by atoms with Crippen LogP contribution in [0.25, 0.3) is 11.1 Å². The van der Waals surface area contributed by atoms with Gasteiger partial charge in [-0.05, 0) is 24.0 Å². The fraction of sp³-hybridized carbons (Fsp3) is 0.350. The topological polar surface area (TPSA) is 49.6 Å². The number of benzene rings is 2. The van der Waals surface area contributed by atoms with Crippen LogP contribution in [-0.2, 0) is 6.42 Å². The van der Waals surface area contributed by atoms with Crippen molar-refractivity contribution in [2.75, 3.05) is 20.6 Å². The minimum Gasteiger partial charge on any atom is -0.331 e. The van der Waals surface area contributed by atoms with Crippen molar-refractivity contribution < 1.29 is 9.18 Å². The van der Waals surface area contributed by atoms with Crippen molar-refractivity contribution in [1.29, 1.82) is 0 Å². The Morgan fingerprint density at radius 1 is 1.20 bits per heavy atom. The Balaban J connectivity index is 1.89. The summed E-state index contributed by atoms with van der Waals surface area (Å²) in [6, 6.07) is 14.5. The Hall–Kier alpha value is -2.40. The van der Waals surface area contributed by atoms with Gasteiger partial charge in [-0.3, -0.25) is 0 Å². The highest BCUT2D eigenvalue weighted by atomic mass is 19.1. The van der Waals surface area contributed by atoms with E-state index in [1.165, 1.54) is 0 Å². The molecule has 5 heteroatoms. The van der Waals surface area contributed by atoms with E-state index in [1.807, 2.05) is 36.4 Å². The molecule has 1 saturated heterocycles. The Morgan fingerprint density at radius 3 is 2.60 bits per heavy atom. The normalized spacial score (nSPS) is 19.9. The monoisotopic (exact) mass is 341 g/mol. The first-order valence-corrected chi connectivity index (χ1v) is 8.55. The molecule has 25 heavy (non-hydrogen) atoms. The van der Waals surface area contributed by atoms with Gasteiger partial charge in [0.2, 0.25) is 0 Å². The summed E-state index contributed by atoms with van der Waals surface area (Å²) in [6.07, 6.45) is 1.16. The number of nitrogens with two attached hydrogens (primary N) is 1. The van der Waals surface area contributed by atoms with E-state index in [1.54, 1.807) is 36.0 Å². The Labute approximate surface area is 148 Å². The van der Waals surface area contributed by atoms with Crippen LogP contribution in [0.1, 0.15) is 12.0 Å². The van der Waals surface area contributed by atoms with E-state index in [0.717, 1.165) is 12.0 Å². The second kappa shape index (κ2) is 7.23. The van der Waals surface area contributed by atoms with Gasteiger partial charge < -0.3 is 15.5 Å². The molecule has 2 aromatic rings. The quantitative estimate of drug-likeness (QED) is 0.932. The third kappa shape index (κ3) is 3.51. The predicted molar refractivity (Wildman–Crippen MR) is 97.7 cm³/mol. The first-order valence-electron chi connectivity index (χ1n) is 8.55. The summed E-state index contributed by atoms with van der Waals surface area (Å²) in [5.41, 5.74) is 8.24. The maximum atomic E-state index is 15.1. The number of rotatable bonds is 3. The fourth-order valence-electron chi connectivity index (χ4n) is 3.44. The lowest BCUT2D eigenvalue weighted by Crippen LogP contribution is -2.47. The zero-order valence-electron chi connectivity index (χ0n) is 14.7. The summed E-state index contributed by atoms with van der Waals surface area (Å²) in [7, 11) is 3.44. The van der Waals surface area contributed by atoms with Crippen LogP contribution in [0.5, 0.6) is 0 Å². The smallest absolute Gasteiger partial charge is 0.319 e. The van der Waals surface area contributed by atoms with Gasteiger partial charge >= 0.3 is 6.03 Å². The number of halogens is 1. The van der Waals surface area contributed by atoms with Crippen LogP contribution in [0.15, 0.2) is 48.5 Å². The van der Waals surface area contributed by atoms with Crippen molar-refractivity contribution in [3.05, 3.63) is 59.9 Å². The van der Waals surface area contributed by atoms with E-state index >= 15 is 4.39 Å². The SMILES string of the molecule is CN(C)C(=O)N1CCC(N)C1Cc1cccc(-c2ccccc2)c1F. The van der Waals surface area contributed by atoms with Crippen LogP contribution < -0.4 is 5.73 Å². The first-order chi connectivity index (χ1) is 12.0. The van der Waals surface area contributed by atoms with Crippen molar-refractivity contribution in [2.45, 2.75) is 24.9 Å². The molecule has 1 fully saturated rings. The van der Waals surface area contributed by atoms with E-state index < -0.39 is 0 Å². The molecule has 0 aromatic heterocycles. The summed E-state index contributed by atoms with van der Waals surface area (Å²) in [6.45, 7) is 0.614. The molecule has 4 nitrogen and oxygen atoms in total. The lowest BCUT2D eigenvalue weighted by atomic mass is 9.96. The number of carbonyl (C=O) groups excluding carboxylic acids is 1. The highest BCUT2D eigenvalue weighted by Crippen LogP contribution is 2.28. The van der Waals surface area contributed by atoms with E-state index in [-0.39, 0.29) is 23.9 Å². The summed E-state index contributed by atoms with van der Waals surface area (Å²) in [5.74, 6) is -0.231. The van der Waals surface area contributed by atoms with Crippen LogP contribution in [0.2, 0.25) is 0 Å². The molecule has 0 radical (unpaired) electrons. The molecule has 2 unspecified atom stereocenters. The number of likely N-dealkylation sites (tertiary alicyclic amines) is 1. The van der Waals surface area contributed by atoms with Crippen molar-refractivity contribution in [3.63, 3.8) is 0 Å². The number of amides is 2. The van der Waals surface area contributed by atoms with Gasteiger partial charge in [0.05, 0.1) is 6.04 Å². The molecular weight excluding hydrogens is 317 g/mol. The molecule has 2 aromatic carbocycles. The Bertz CT molecular complexity index is 748. The molecular formula is C20H24FN3O. The summed E-state index contributed by atoms with van der Waals surface area (Å²) >= 11 is 0. The van der Waals surface area contributed by atoms with Gasteiger partial charge in [-0.25, -0.2) is 9.18 Å². The zero-order valence-corrected chi connectivity index (χ0v) is 14.7. The second-order valence-corrected chi connectivity index (χ2v) is 6.74. The van der Waals surface area contributed by atoms with Crippen LogP contribution in [-0.4, -0.2) is 48.6 Å². The zero-order chi connectivity index (χ0) is 18.0. The van der Waals surface area contributed by atoms with E-state index in [0.29, 0.717) is 24.1 Å². The van der Waals surface area contributed by atoms with Crippen LogP contribution >= 0.6 is 0 Å². The maximum absolute atomic E-state index is 15.1. The molecule has 3 rings (SSSR count). The fourth-order valence-corrected chi connectivity index (χ4v) is 3.44. The van der Waals surface area contributed by atoms with Gasteiger partial charge in [0.15, 0.2) is 0 Å². The number of hydrogen-bond donors (Lipinski definition) is 1. The standard InChI is InChI=1S/C20H24FN3O/c1-23(2)20(25)24-12-11-17(22)18(24)13-15-9-6-10-16(19(15)21)14-7-4-3-5-8-14/h3-10,17-18H,11-13,22H2,1-2H3. The molecule has 2 amide bonds. The predicted octanol–water partition coefficient (Wildman–Crippen LogP) is 3.12. The number of nitrogens with zero attached hydrogens (tertiary/aromatic N) is 2. The largest absolute Gasteiger partial charge is 0.331 e. The number of hydrogen-bond acceptors (Lipinski definition) is 2. The highest BCUT2D eigenvalue weighted by molar-refractivity contribution is 5.74. The Morgan fingerprint density at radius 2 is 1.92 bits per heavy atom. The molecule has 2 N–H and O–H groups in total. The van der Waals surface area contributed by atoms with Crippen molar-refractivity contribution in [1.82, 2.24) is 9.80 Å². The number of carbonyl (C=O) groups is 1. The van der Waals surface area contributed by atoms with Gasteiger partial charge in [0.1, 0.15) is 5.82 Å². The molecule has 1 heterocycles. The lowest BCUT2D eigenvalue weighted by molar-refractivity contribution is 0.163. The molecule has 2 atom stereocenters. The van der Waals surface area contributed by atoms with Crippen molar-refractivity contribution >= 4 is 6.03 Å². The van der Waals surface area contributed by atoms with Gasteiger partial charge in [0.25, 0.3) is 0 Å². The Kier molecular flexibility index (Phi) is 5.04. The van der Waals surface area contributed by atoms with Crippen molar-refractivity contribution in [3.8, 4) is 11.1 Å². The number of urea groups is 1. The molecule has 0 spiro atoms. The second-order valence-electron chi connectivity index (χ2n) is 6.74. The third-order valence-corrected chi connectivity index (χ3v) is 4.82. The molecule has 0 saturated carbocycles. The minimum atomic E-state index is -0.231. The van der Waals surface area contributed by atoms with Gasteiger partial charge in [-0.2, -0.15) is 0 Å². The first kappa shape index (κ1) is 17.4. The molecule has 1 aliphatic rings. The minimum absolute atomic E-state index is 0.0717. The van der Waals surface area contributed by atoms with Crippen LogP contribution in [0.3, 0.4) is 0 Å². The summed E-state index contributed by atoms with van der Waals surface area (Å²) in [4.78, 5) is 15.7. The van der Waals surface area contributed by atoms with E-state index in [2.05, 4.69) is 0 Å². The van der Waals surface area contributed by atoms with Gasteiger partial charge in [-0.15, -0.1) is 0 Å². The van der Waals surface area contributed by atoms with Crippen LogP contribution in [0.4, 0.5) is 9.18 Å². The summed E-state index contributed by atoms with van der Waals surface area (Å²) in [5, 5.41) is 0. The van der Waals surface area contributed by atoms with Crippen molar-refractivity contribution in [2.24, 2.45) is 5.73 Å². The van der Waals surface area contributed by atoms with Crippen LogP contribution in [0, 0.1) is 5.82 Å². The summed E-state index contributed by atoms with van der Waals surface area (Å²) < 4.78 is 15.1. The highest BCUT2D eigenvalue weighted by Gasteiger charge is 2.36. The van der Waals surface area contributed by atoms with E-state index in [9.17, 15) is 4.79 Å². The molecule has 132 valence electrons. The van der Waals surface area contributed by atoms with Gasteiger partial charge in [0, 0.05) is 32.2 Å². The maximum Gasteiger partial charge on any atom is 0.319 e. The third-order valence-electron chi connectivity index (χ3n) is 4.82. The molecule has 0 bridgehead atoms. The average molecular weight is 341 g/mol. The van der Waals surface area contributed by atoms with Gasteiger partial charge in [-0.1, -0.05) is 48.5 Å². The van der Waals surface area contributed by atoms with E-state index in [4.69, 9.17) is 5.73 Å².